The molecule has 0 amide bonds. The number of hydrogen-bond acceptors (Lipinski definition) is 2. The van der Waals surface area contributed by atoms with Crippen molar-refractivity contribution in [3.8, 4) is 0 Å². The van der Waals surface area contributed by atoms with E-state index in [4.69, 9.17) is 17.3 Å². The Kier molecular flexibility index (Phi) is 5.19. The molecule has 1 atom stereocenters. The molecule has 4 heteroatoms. The van der Waals surface area contributed by atoms with Crippen LogP contribution >= 0.6 is 34.2 Å². The second-order valence-corrected chi connectivity index (χ2v) is 6.17. The number of hydrogen-bond donors (Lipinski definition) is 1. The van der Waals surface area contributed by atoms with Gasteiger partial charge in [-0.05, 0) is 77.9 Å². The summed E-state index contributed by atoms with van der Waals surface area (Å²) < 4.78 is 1.18. The van der Waals surface area contributed by atoms with E-state index in [9.17, 15) is 0 Å². The van der Waals surface area contributed by atoms with E-state index < -0.39 is 0 Å². The maximum Gasteiger partial charge on any atom is 0.0543 e. The Morgan fingerprint density at radius 3 is 2.84 bits per heavy atom. The molecule has 0 aliphatic heterocycles. The number of aromatic nitrogens is 1. The van der Waals surface area contributed by atoms with Gasteiger partial charge in [0.05, 0.1) is 5.69 Å². The zero-order valence-electron chi connectivity index (χ0n) is 10.7. The van der Waals surface area contributed by atoms with Gasteiger partial charge in [-0.3, -0.25) is 4.98 Å². The lowest BCUT2D eigenvalue weighted by Gasteiger charge is -2.18. The van der Waals surface area contributed by atoms with Gasteiger partial charge in [-0.1, -0.05) is 17.7 Å². The molecule has 0 aliphatic carbocycles. The van der Waals surface area contributed by atoms with Crippen molar-refractivity contribution in [3.63, 3.8) is 0 Å². The van der Waals surface area contributed by atoms with E-state index in [0.29, 0.717) is 6.54 Å². The fourth-order valence-corrected chi connectivity index (χ4v) is 2.92. The number of nitrogens with zero attached hydrogens (tertiary/aromatic N) is 1. The van der Waals surface area contributed by atoms with E-state index in [0.717, 1.165) is 17.1 Å². The predicted octanol–water partition coefficient (Wildman–Crippen LogP) is 3.93. The van der Waals surface area contributed by atoms with Crippen LogP contribution in [0, 0.1) is 10.5 Å². The van der Waals surface area contributed by atoms with Crippen LogP contribution in [0.3, 0.4) is 0 Å². The summed E-state index contributed by atoms with van der Waals surface area (Å²) in [6, 6.07) is 10.0. The van der Waals surface area contributed by atoms with Gasteiger partial charge in [0.25, 0.3) is 0 Å². The van der Waals surface area contributed by atoms with E-state index in [2.05, 4.69) is 40.6 Å². The highest BCUT2D eigenvalue weighted by molar-refractivity contribution is 14.1. The molecule has 100 valence electrons. The number of nitrogens with two attached hydrogens (primary N) is 1. The van der Waals surface area contributed by atoms with Gasteiger partial charge < -0.3 is 5.73 Å². The lowest BCUT2D eigenvalue weighted by Crippen LogP contribution is -2.17. The molecule has 0 saturated carbocycles. The largest absolute Gasteiger partial charge is 0.330 e. The first-order valence-electron chi connectivity index (χ1n) is 6.17. The molecular formula is C15H16ClIN2. The minimum atomic E-state index is 0.252. The van der Waals surface area contributed by atoms with Crippen LogP contribution in [0.4, 0.5) is 0 Å². The highest BCUT2D eigenvalue weighted by atomic mass is 127. The van der Waals surface area contributed by atoms with Crippen LogP contribution in [0.25, 0.3) is 0 Å². The quantitative estimate of drug-likeness (QED) is 0.809. The third-order valence-corrected chi connectivity index (χ3v) is 4.46. The van der Waals surface area contributed by atoms with Crippen molar-refractivity contribution in [2.75, 3.05) is 6.54 Å². The van der Waals surface area contributed by atoms with Gasteiger partial charge in [0.15, 0.2) is 0 Å². The van der Waals surface area contributed by atoms with E-state index in [-0.39, 0.29) is 5.92 Å². The molecule has 0 saturated heterocycles. The molecule has 2 rings (SSSR count). The monoisotopic (exact) mass is 386 g/mol. The highest BCUT2D eigenvalue weighted by Crippen LogP contribution is 2.26. The van der Waals surface area contributed by atoms with E-state index in [1.54, 1.807) is 0 Å². The topological polar surface area (TPSA) is 38.9 Å². The maximum absolute atomic E-state index is 6.09. The Morgan fingerprint density at radius 2 is 2.16 bits per heavy atom. The summed E-state index contributed by atoms with van der Waals surface area (Å²) in [6.07, 6.45) is 2.67. The Morgan fingerprint density at radius 1 is 1.37 bits per heavy atom. The van der Waals surface area contributed by atoms with E-state index >= 15 is 0 Å². The third kappa shape index (κ3) is 3.68. The molecule has 1 aromatic heterocycles. The second-order valence-electron chi connectivity index (χ2n) is 4.57. The molecule has 1 aromatic carbocycles. The van der Waals surface area contributed by atoms with Crippen LogP contribution in [-0.4, -0.2) is 11.5 Å². The molecule has 2 aromatic rings. The molecule has 0 bridgehead atoms. The van der Waals surface area contributed by atoms with Crippen molar-refractivity contribution in [1.82, 2.24) is 4.98 Å². The standard InChI is InChI=1S/C15H16ClIN2/c1-10-4-5-12(16)8-13(10)11(9-18)7-15-14(17)3-2-6-19-15/h2-6,8,11H,7,9,18H2,1H3. The Labute approximate surface area is 132 Å². The zero-order valence-corrected chi connectivity index (χ0v) is 13.6. The van der Waals surface area contributed by atoms with Crippen LogP contribution in [0.1, 0.15) is 22.7 Å². The van der Waals surface area contributed by atoms with Gasteiger partial charge in [-0.25, -0.2) is 0 Å². The average Bonchev–Trinajstić information content (AvgIpc) is 2.41. The van der Waals surface area contributed by atoms with Crippen LogP contribution in [0.15, 0.2) is 36.5 Å². The molecule has 0 aliphatic rings. The van der Waals surface area contributed by atoms with Gasteiger partial charge in [0.1, 0.15) is 0 Å². The minimum absolute atomic E-state index is 0.252. The number of rotatable bonds is 4. The molecule has 0 spiro atoms. The first-order valence-corrected chi connectivity index (χ1v) is 7.63. The summed E-state index contributed by atoms with van der Waals surface area (Å²) in [7, 11) is 0. The van der Waals surface area contributed by atoms with Crippen molar-refractivity contribution >= 4 is 34.2 Å². The van der Waals surface area contributed by atoms with Crippen molar-refractivity contribution in [1.29, 1.82) is 0 Å². The van der Waals surface area contributed by atoms with Gasteiger partial charge in [-0.15, -0.1) is 0 Å². The molecule has 1 unspecified atom stereocenters. The Hall–Kier alpha value is -0.650. The smallest absolute Gasteiger partial charge is 0.0543 e. The van der Waals surface area contributed by atoms with Crippen LogP contribution in [0.5, 0.6) is 0 Å². The van der Waals surface area contributed by atoms with Crippen LogP contribution in [-0.2, 0) is 6.42 Å². The molecule has 1 heterocycles. The summed E-state index contributed by atoms with van der Waals surface area (Å²) in [5, 5.41) is 0.759. The van der Waals surface area contributed by atoms with E-state index in [1.165, 1.54) is 14.7 Å². The van der Waals surface area contributed by atoms with Crippen molar-refractivity contribution < 1.29 is 0 Å². The van der Waals surface area contributed by atoms with Crippen molar-refractivity contribution in [2.45, 2.75) is 19.3 Å². The molecule has 2 nitrogen and oxygen atoms in total. The first-order chi connectivity index (χ1) is 9.11. The highest BCUT2D eigenvalue weighted by Gasteiger charge is 2.15. The third-order valence-electron chi connectivity index (χ3n) is 3.24. The molecule has 19 heavy (non-hydrogen) atoms. The Bertz CT molecular complexity index is 572. The van der Waals surface area contributed by atoms with Gasteiger partial charge >= 0.3 is 0 Å². The fourth-order valence-electron chi connectivity index (χ4n) is 2.17. The maximum atomic E-state index is 6.09. The molecular weight excluding hydrogens is 371 g/mol. The zero-order chi connectivity index (χ0) is 13.8. The second kappa shape index (κ2) is 6.68. The van der Waals surface area contributed by atoms with E-state index in [1.807, 2.05) is 30.5 Å². The number of pyridine rings is 1. The van der Waals surface area contributed by atoms with Gasteiger partial charge in [0, 0.05) is 20.7 Å². The number of benzene rings is 1. The Balaban J connectivity index is 2.30. The normalized spacial score (nSPS) is 12.4. The number of aryl methyl sites for hydroxylation is 1. The predicted molar refractivity (Wildman–Crippen MR) is 88.6 cm³/mol. The SMILES string of the molecule is Cc1ccc(Cl)cc1C(CN)Cc1ncccc1I. The van der Waals surface area contributed by atoms with Crippen LogP contribution < -0.4 is 5.73 Å². The summed E-state index contributed by atoms with van der Waals surface area (Å²) >= 11 is 8.41. The summed E-state index contributed by atoms with van der Waals surface area (Å²) in [5.41, 5.74) is 9.49. The minimum Gasteiger partial charge on any atom is -0.330 e. The average molecular weight is 387 g/mol. The first kappa shape index (κ1) is 14.8. The molecule has 0 radical (unpaired) electrons. The van der Waals surface area contributed by atoms with Gasteiger partial charge in [-0.2, -0.15) is 0 Å². The van der Waals surface area contributed by atoms with Crippen molar-refractivity contribution in [2.24, 2.45) is 5.73 Å². The van der Waals surface area contributed by atoms with Crippen LogP contribution in [0.2, 0.25) is 5.02 Å². The van der Waals surface area contributed by atoms with Crippen molar-refractivity contribution in [3.05, 3.63) is 61.9 Å². The van der Waals surface area contributed by atoms with Gasteiger partial charge in [0.2, 0.25) is 0 Å². The fraction of sp³-hybridized carbons (Fsp3) is 0.267. The molecule has 2 N–H and O–H groups in total. The lowest BCUT2D eigenvalue weighted by atomic mass is 9.91. The summed E-state index contributed by atoms with van der Waals surface area (Å²) in [5.74, 6) is 0.252. The number of halogens is 2. The lowest BCUT2D eigenvalue weighted by molar-refractivity contribution is 0.675. The summed E-state index contributed by atoms with van der Waals surface area (Å²) in [4.78, 5) is 4.45. The summed E-state index contributed by atoms with van der Waals surface area (Å²) in [6.45, 7) is 2.69. The molecule has 0 fully saturated rings.